The van der Waals surface area contributed by atoms with Crippen LogP contribution in [0, 0.1) is 0 Å². The molecular weight excluding hydrogens is 306 g/mol. The maximum Gasteiger partial charge on any atom is -1.00 e. The molecule has 0 spiro atoms. The molecule has 0 nitrogen and oxygen atoms in total. The molecule has 13 heavy (non-hydrogen) atoms. The molecule has 78 valence electrons. The molecule has 0 unspecified atom stereocenters. The minimum absolute atomic E-state index is 0. The minimum Gasteiger partial charge on any atom is -1.00 e. The Labute approximate surface area is 102 Å². The zero-order chi connectivity index (χ0) is 7.85. The van der Waals surface area contributed by atoms with E-state index in [1.54, 1.807) is 3.28 Å². The molecule has 1 aliphatic rings. The van der Waals surface area contributed by atoms with Crippen LogP contribution in [0.2, 0.25) is 18.5 Å². The van der Waals surface area contributed by atoms with Crippen LogP contribution < -0.4 is 37.2 Å². The van der Waals surface area contributed by atoms with Crippen molar-refractivity contribution < 1.29 is 56.0 Å². The van der Waals surface area contributed by atoms with Gasteiger partial charge in [-0.15, -0.1) is 0 Å². The van der Waals surface area contributed by atoms with Gasteiger partial charge < -0.3 is 37.2 Å². The minimum atomic E-state index is -2.20. The molecule has 0 saturated heterocycles. The third-order valence-corrected chi connectivity index (χ3v) is 9.28. The second kappa shape index (κ2) is 5.96. The van der Waals surface area contributed by atoms with E-state index in [1.165, 1.54) is 6.42 Å². The molecule has 0 amide bonds. The van der Waals surface area contributed by atoms with E-state index in [4.69, 9.17) is 0 Å². The van der Waals surface area contributed by atoms with Gasteiger partial charge in [-0.2, -0.15) is 0 Å². The summed E-state index contributed by atoms with van der Waals surface area (Å²) in [5, 5.41) is 0. The Hall–Kier alpha value is 1.23. The summed E-state index contributed by atoms with van der Waals surface area (Å²) in [4.78, 5) is 0. The third kappa shape index (κ3) is 6.34. The van der Waals surface area contributed by atoms with Gasteiger partial charge in [-0.3, -0.25) is 0 Å². The van der Waals surface area contributed by atoms with E-state index in [2.05, 4.69) is 36.8 Å². The number of allylic oxidation sites excluding steroid dienone is 4. The molecule has 0 atom stereocenters. The van der Waals surface area contributed by atoms with E-state index in [1.807, 2.05) is 0 Å². The number of halogens is 3. The van der Waals surface area contributed by atoms with E-state index in [0.717, 1.165) is 0 Å². The fourth-order valence-electron chi connectivity index (χ4n) is 1.19. The fourth-order valence-corrected chi connectivity index (χ4v) is 5.36. The van der Waals surface area contributed by atoms with Gasteiger partial charge in [-0.1, -0.05) is 0 Å². The average Bonchev–Trinajstić information content (AvgIpc) is 2.04. The van der Waals surface area contributed by atoms with Crippen molar-refractivity contribution in [3.05, 3.63) is 21.5 Å². The third-order valence-electron chi connectivity index (χ3n) is 2.06. The number of hydrogen-bond donors (Lipinski definition) is 0. The topological polar surface area (TPSA) is 0 Å². The van der Waals surface area contributed by atoms with Crippen LogP contribution in [0.25, 0.3) is 0 Å². The van der Waals surface area contributed by atoms with Crippen molar-refractivity contribution in [1.29, 1.82) is 0 Å². The first kappa shape index (κ1) is 19.8. The molecule has 0 N–H and O–H groups in total. The molecule has 0 bridgehead atoms. The largest absolute Gasteiger partial charge is 1.00 e. The van der Waals surface area contributed by atoms with Crippen LogP contribution in [0.15, 0.2) is 21.5 Å². The molecule has 1 rings (SSSR count). The molecule has 0 aliphatic heterocycles. The van der Waals surface area contributed by atoms with Gasteiger partial charge in [0.1, 0.15) is 0 Å². The standard InChI is InChI=1S/C5H5.4CH3.3ClH.Zr/c1-2-4-5-3-1;;;;;;;;/h1-3H,4H2;4*1H3;3*1H;/q;;;;;;;;+3/p-3. The Bertz CT molecular complexity index is 201. The SMILES string of the molecule is [CH3][Zr+3]([CH3])([CH3])([CH3])[C]1=CC=CC1.[Cl-].[Cl-].[Cl-]. The predicted molar refractivity (Wildman–Crippen MR) is 45.3 cm³/mol. The van der Waals surface area contributed by atoms with Gasteiger partial charge in [0, 0.05) is 0 Å². The summed E-state index contributed by atoms with van der Waals surface area (Å²) in [7, 11) is 0. The monoisotopic (exact) mass is 320 g/mol. The first-order chi connectivity index (χ1) is 4.36. The van der Waals surface area contributed by atoms with Crippen molar-refractivity contribution in [3.63, 3.8) is 0 Å². The Morgan fingerprint density at radius 2 is 1.46 bits per heavy atom. The van der Waals surface area contributed by atoms with Crippen molar-refractivity contribution in [1.82, 2.24) is 0 Å². The molecule has 0 radical (unpaired) electrons. The summed E-state index contributed by atoms with van der Waals surface area (Å²) in [5.41, 5.74) is 0. The van der Waals surface area contributed by atoms with E-state index in [0.29, 0.717) is 0 Å². The smallest absolute Gasteiger partial charge is 1.00 e. The maximum atomic E-state index is 2.49. The molecule has 0 saturated carbocycles. The normalized spacial score (nSPS) is 13.1. The molecule has 4 heteroatoms. The second-order valence-corrected chi connectivity index (χ2v) is 26.6. The predicted octanol–water partition coefficient (Wildman–Crippen LogP) is -5.28. The first-order valence-corrected chi connectivity index (χ1v) is 15.0. The Kier molecular flexibility index (Phi) is 9.05. The summed E-state index contributed by atoms with van der Waals surface area (Å²) in [6, 6.07) is 0. The van der Waals surface area contributed by atoms with Crippen LogP contribution in [-0.4, -0.2) is 0 Å². The van der Waals surface area contributed by atoms with Crippen LogP contribution >= 0.6 is 0 Å². The van der Waals surface area contributed by atoms with Crippen molar-refractivity contribution in [2.45, 2.75) is 24.9 Å². The van der Waals surface area contributed by atoms with Gasteiger partial charge in [-0.05, 0) is 0 Å². The van der Waals surface area contributed by atoms with Gasteiger partial charge in [-0.25, -0.2) is 0 Å². The fraction of sp³-hybridized carbons (Fsp3) is 0.556. The Morgan fingerprint density at radius 1 is 1.00 bits per heavy atom. The van der Waals surface area contributed by atoms with Crippen LogP contribution in [0.3, 0.4) is 0 Å². The quantitative estimate of drug-likeness (QED) is 0.453. The molecule has 0 heterocycles. The summed E-state index contributed by atoms with van der Waals surface area (Å²) >= 11 is -2.20. The first-order valence-electron chi connectivity index (χ1n) is 3.97. The molecule has 0 aromatic rings. The summed E-state index contributed by atoms with van der Waals surface area (Å²) in [6.07, 6.45) is 8.02. The average molecular weight is 323 g/mol. The Morgan fingerprint density at radius 3 is 1.62 bits per heavy atom. The van der Waals surface area contributed by atoms with E-state index < -0.39 is 18.8 Å². The zero-order valence-electron chi connectivity index (χ0n) is 8.57. The van der Waals surface area contributed by atoms with Gasteiger partial charge >= 0.3 is 65.2 Å². The molecule has 0 aromatic heterocycles. The number of rotatable bonds is 1. The second-order valence-electron chi connectivity index (χ2n) is 5.32. The van der Waals surface area contributed by atoms with E-state index in [-0.39, 0.29) is 37.2 Å². The van der Waals surface area contributed by atoms with Crippen LogP contribution in [0.1, 0.15) is 6.42 Å². The van der Waals surface area contributed by atoms with Crippen LogP contribution in [0.4, 0.5) is 0 Å². The summed E-state index contributed by atoms with van der Waals surface area (Å²) in [6.45, 7) is 0. The molecule has 0 fully saturated rings. The van der Waals surface area contributed by atoms with E-state index >= 15 is 0 Å². The van der Waals surface area contributed by atoms with E-state index in [9.17, 15) is 0 Å². The van der Waals surface area contributed by atoms with Crippen molar-refractivity contribution in [2.75, 3.05) is 0 Å². The van der Waals surface area contributed by atoms with Crippen molar-refractivity contribution >= 4 is 0 Å². The Balaban J connectivity index is -0.000000333. The maximum absolute atomic E-state index is 2.49. The molecule has 1 aliphatic carbocycles. The molecule has 0 aromatic carbocycles. The van der Waals surface area contributed by atoms with Gasteiger partial charge in [0.05, 0.1) is 0 Å². The van der Waals surface area contributed by atoms with Crippen LogP contribution in [-0.2, 0) is 18.8 Å². The van der Waals surface area contributed by atoms with Gasteiger partial charge in [0.2, 0.25) is 0 Å². The summed E-state index contributed by atoms with van der Waals surface area (Å²) in [5.74, 6) is 0. The van der Waals surface area contributed by atoms with Gasteiger partial charge in [0.25, 0.3) is 0 Å². The summed E-state index contributed by atoms with van der Waals surface area (Å²) < 4.78 is 11.7. The molecular formula is C9H17Cl3Zr. The van der Waals surface area contributed by atoms with Crippen LogP contribution in [0.5, 0.6) is 0 Å². The van der Waals surface area contributed by atoms with Gasteiger partial charge in [0.15, 0.2) is 0 Å². The zero-order valence-corrected chi connectivity index (χ0v) is 13.3. The van der Waals surface area contributed by atoms with Crippen molar-refractivity contribution in [2.24, 2.45) is 0 Å². The number of hydrogen-bond acceptors (Lipinski definition) is 0. The van der Waals surface area contributed by atoms with Crippen molar-refractivity contribution in [3.8, 4) is 0 Å².